The van der Waals surface area contributed by atoms with Gasteiger partial charge in [0.1, 0.15) is 39.3 Å². The molecular formula is C13H28I2N2O3. The second-order valence-electron chi connectivity index (χ2n) is 6.38. The minimum Gasteiger partial charge on any atom is -1.00 e. The Morgan fingerprint density at radius 1 is 0.800 bits per heavy atom. The number of morpholine rings is 2. The van der Waals surface area contributed by atoms with Gasteiger partial charge >= 0.3 is 0 Å². The number of nitrogens with zero attached hydrogens (tertiary/aromatic N) is 2. The van der Waals surface area contributed by atoms with Crippen molar-refractivity contribution in [3.63, 3.8) is 0 Å². The van der Waals surface area contributed by atoms with Crippen molar-refractivity contribution in [1.82, 2.24) is 0 Å². The van der Waals surface area contributed by atoms with Crippen LogP contribution >= 0.6 is 0 Å². The lowest BCUT2D eigenvalue weighted by Crippen LogP contribution is -3.00. The summed E-state index contributed by atoms with van der Waals surface area (Å²) in [6.07, 6.45) is -0.226. The van der Waals surface area contributed by atoms with Gasteiger partial charge in [-0.05, 0) is 0 Å². The molecule has 2 aliphatic heterocycles. The quantitative estimate of drug-likeness (QED) is 0.300. The summed E-state index contributed by atoms with van der Waals surface area (Å²) in [5.74, 6) is 0. The van der Waals surface area contributed by atoms with Crippen LogP contribution in [0.2, 0.25) is 0 Å². The van der Waals surface area contributed by atoms with Crippen molar-refractivity contribution < 1.29 is 71.5 Å². The van der Waals surface area contributed by atoms with Crippen LogP contribution in [0.1, 0.15) is 0 Å². The van der Waals surface area contributed by atoms with E-state index in [0.29, 0.717) is 0 Å². The van der Waals surface area contributed by atoms with Gasteiger partial charge < -0.3 is 71.5 Å². The van der Waals surface area contributed by atoms with E-state index in [1.165, 1.54) is 0 Å². The fourth-order valence-corrected chi connectivity index (χ4v) is 3.01. The molecule has 0 atom stereocenters. The highest BCUT2D eigenvalue weighted by Gasteiger charge is 2.34. The molecule has 20 heavy (non-hydrogen) atoms. The standard InChI is InChI=1S/C13H28N2O3.2HI/c1-14(3-7-17-8-4-14)11-13(16)12-15(2)5-9-18-10-6-15;;/h13,16H,3-12H2,1-2H3;2*1H/q+2;;/p-2. The first-order valence-corrected chi connectivity index (χ1v) is 7.02. The summed E-state index contributed by atoms with van der Waals surface area (Å²) in [5, 5.41) is 10.4. The Morgan fingerprint density at radius 3 is 1.40 bits per heavy atom. The highest BCUT2D eigenvalue weighted by atomic mass is 127. The highest BCUT2D eigenvalue weighted by Crippen LogP contribution is 2.13. The number of aliphatic hydroxyl groups excluding tert-OH is 1. The third kappa shape index (κ3) is 6.57. The number of ether oxygens (including phenoxy) is 2. The maximum Gasteiger partial charge on any atom is 0.152 e. The molecule has 0 aliphatic carbocycles. The number of quaternary nitrogens is 2. The first-order chi connectivity index (χ1) is 8.52. The molecule has 2 aliphatic rings. The average molecular weight is 514 g/mol. The van der Waals surface area contributed by atoms with Gasteiger partial charge in [0, 0.05) is 0 Å². The lowest BCUT2D eigenvalue weighted by Gasteiger charge is -2.42. The molecule has 5 nitrogen and oxygen atoms in total. The van der Waals surface area contributed by atoms with Gasteiger partial charge in [-0.15, -0.1) is 0 Å². The van der Waals surface area contributed by atoms with E-state index in [-0.39, 0.29) is 54.1 Å². The minimum absolute atomic E-state index is 0. The molecule has 122 valence electrons. The van der Waals surface area contributed by atoms with Gasteiger partial charge in [-0.25, -0.2) is 0 Å². The topological polar surface area (TPSA) is 38.7 Å². The Morgan fingerprint density at radius 2 is 1.10 bits per heavy atom. The molecule has 1 N–H and O–H groups in total. The molecule has 0 aromatic heterocycles. The zero-order valence-corrected chi connectivity index (χ0v) is 16.9. The van der Waals surface area contributed by atoms with Crippen LogP contribution in [0.4, 0.5) is 0 Å². The number of rotatable bonds is 4. The molecule has 2 heterocycles. The molecule has 0 radical (unpaired) electrons. The zero-order valence-electron chi connectivity index (χ0n) is 12.6. The lowest BCUT2D eigenvalue weighted by molar-refractivity contribution is -0.939. The van der Waals surface area contributed by atoms with Crippen LogP contribution in [-0.2, 0) is 9.47 Å². The fourth-order valence-electron chi connectivity index (χ4n) is 3.01. The fraction of sp³-hybridized carbons (Fsp3) is 1.00. The largest absolute Gasteiger partial charge is 1.00 e. The van der Waals surface area contributed by atoms with Gasteiger partial charge in [-0.3, -0.25) is 0 Å². The van der Waals surface area contributed by atoms with Crippen molar-refractivity contribution in [3.8, 4) is 0 Å². The maximum atomic E-state index is 10.4. The first kappa shape index (κ1) is 21.3. The summed E-state index contributed by atoms with van der Waals surface area (Å²) >= 11 is 0. The van der Waals surface area contributed by atoms with Crippen LogP contribution in [0.15, 0.2) is 0 Å². The average Bonchev–Trinajstić information content (AvgIpc) is 2.29. The number of hydrogen-bond donors (Lipinski definition) is 1. The van der Waals surface area contributed by atoms with Crippen LogP contribution in [0.25, 0.3) is 0 Å². The number of halogens is 2. The highest BCUT2D eigenvalue weighted by molar-refractivity contribution is 4.59. The molecule has 2 rings (SSSR count). The predicted molar refractivity (Wildman–Crippen MR) is 69.2 cm³/mol. The maximum absolute atomic E-state index is 10.4. The van der Waals surface area contributed by atoms with Crippen molar-refractivity contribution in [1.29, 1.82) is 0 Å². The number of likely N-dealkylation sites (N-methyl/N-ethyl adjacent to an activating group) is 2. The van der Waals surface area contributed by atoms with E-state index in [1.807, 2.05) is 0 Å². The molecule has 7 heteroatoms. The molecule has 0 saturated carbocycles. The second-order valence-corrected chi connectivity index (χ2v) is 6.38. The van der Waals surface area contributed by atoms with Gasteiger partial charge in [0.2, 0.25) is 0 Å². The third-order valence-corrected chi connectivity index (χ3v) is 4.40. The summed E-state index contributed by atoms with van der Waals surface area (Å²) < 4.78 is 12.7. The molecule has 0 spiro atoms. The number of hydrogen-bond acceptors (Lipinski definition) is 3. The van der Waals surface area contributed by atoms with Gasteiger partial charge in [0.25, 0.3) is 0 Å². The molecule has 0 unspecified atom stereocenters. The molecule has 2 fully saturated rings. The molecule has 0 aromatic rings. The van der Waals surface area contributed by atoms with E-state index in [0.717, 1.165) is 74.7 Å². The van der Waals surface area contributed by atoms with Gasteiger partial charge in [0.05, 0.1) is 40.5 Å². The van der Waals surface area contributed by atoms with Crippen LogP contribution in [-0.4, -0.2) is 100.0 Å². The van der Waals surface area contributed by atoms with Crippen molar-refractivity contribution in [2.75, 3.05) is 79.8 Å². The molecular weight excluding hydrogens is 486 g/mol. The predicted octanol–water partition coefficient (Wildman–Crippen LogP) is -6.69. The minimum atomic E-state index is -0.226. The Labute approximate surface area is 156 Å². The summed E-state index contributed by atoms with van der Waals surface area (Å²) in [6, 6.07) is 0. The van der Waals surface area contributed by atoms with Crippen LogP contribution in [0.3, 0.4) is 0 Å². The van der Waals surface area contributed by atoms with E-state index in [4.69, 9.17) is 9.47 Å². The van der Waals surface area contributed by atoms with Crippen molar-refractivity contribution in [3.05, 3.63) is 0 Å². The number of aliphatic hydroxyl groups is 1. The third-order valence-electron chi connectivity index (χ3n) is 4.40. The smallest absolute Gasteiger partial charge is 0.152 e. The van der Waals surface area contributed by atoms with Crippen molar-refractivity contribution in [2.24, 2.45) is 0 Å². The van der Waals surface area contributed by atoms with Gasteiger partial charge in [-0.1, -0.05) is 0 Å². The molecule has 0 bridgehead atoms. The van der Waals surface area contributed by atoms with E-state index in [2.05, 4.69) is 14.1 Å². The van der Waals surface area contributed by atoms with Gasteiger partial charge in [-0.2, -0.15) is 0 Å². The molecule has 2 saturated heterocycles. The van der Waals surface area contributed by atoms with Crippen LogP contribution in [0.5, 0.6) is 0 Å². The van der Waals surface area contributed by atoms with E-state index >= 15 is 0 Å². The van der Waals surface area contributed by atoms with Crippen LogP contribution < -0.4 is 48.0 Å². The molecule has 0 aromatic carbocycles. The van der Waals surface area contributed by atoms with E-state index in [9.17, 15) is 5.11 Å². The Balaban J connectivity index is 0.00000180. The Kier molecular flexibility index (Phi) is 10.0. The van der Waals surface area contributed by atoms with Crippen molar-refractivity contribution >= 4 is 0 Å². The summed E-state index contributed by atoms with van der Waals surface area (Å²) in [6.45, 7) is 9.05. The van der Waals surface area contributed by atoms with Gasteiger partial charge in [0.15, 0.2) is 6.10 Å². The molecule has 0 amide bonds. The SMILES string of the molecule is C[N+]1(CC(O)C[N+]2(C)CCOCC2)CCOCC1.[I-].[I-]. The lowest BCUT2D eigenvalue weighted by atomic mass is 10.2. The summed E-state index contributed by atoms with van der Waals surface area (Å²) in [4.78, 5) is 0. The Hall–Kier alpha value is 1.26. The van der Waals surface area contributed by atoms with E-state index in [1.54, 1.807) is 0 Å². The van der Waals surface area contributed by atoms with E-state index < -0.39 is 0 Å². The summed E-state index contributed by atoms with van der Waals surface area (Å²) in [5.41, 5.74) is 0. The van der Waals surface area contributed by atoms with Crippen molar-refractivity contribution in [2.45, 2.75) is 6.10 Å². The zero-order chi connectivity index (χ0) is 13.1. The Bertz CT molecular complexity index is 244. The summed E-state index contributed by atoms with van der Waals surface area (Å²) in [7, 11) is 4.45. The second kappa shape index (κ2) is 9.41. The first-order valence-electron chi connectivity index (χ1n) is 7.02. The monoisotopic (exact) mass is 514 g/mol. The van der Waals surface area contributed by atoms with Crippen LogP contribution in [0, 0.1) is 0 Å². The normalized spacial score (nSPS) is 24.6.